The molecule has 1 aromatic carbocycles. The summed E-state index contributed by atoms with van der Waals surface area (Å²) in [5, 5.41) is 3.40. The summed E-state index contributed by atoms with van der Waals surface area (Å²) in [6.07, 6.45) is 3.46. The minimum Gasteiger partial charge on any atom is -0.486 e. The average Bonchev–Trinajstić information content (AvgIpc) is 2.38. The maximum atomic E-state index is 5.85. The van der Waals surface area contributed by atoms with Gasteiger partial charge in [-0.2, -0.15) is 11.8 Å². The van der Waals surface area contributed by atoms with E-state index in [9.17, 15) is 0 Å². The number of rotatable bonds is 6. The second kappa shape index (κ2) is 6.77. The maximum Gasteiger partial charge on any atom is 0.161 e. The van der Waals surface area contributed by atoms with Crippen LogP contribution in [0, 0.1) is 0 Å². The molecule has 0 aromatic heterocycles. The first kappa shape index (κ1) is 12.6. The van der Waals surface area contributed by atoms with Crippen molar-refractivity contribution >= 4 is 11.8 Å². The van der Waals surface area contributed by atoms with Gasteiger partial charge in [-0.15, -0.1) is 0 Å². The van der Waals surface area contributed by atoms with Crippen molar-refractivity contribution in [2.45, 2.75) is 12.5 Å². The van der Waals surface area contributed by atoms with Crippen LogP contribution in [0.3, 0.4) is 0 Å². The van der Waals surface area contributed by atoms with Gasteiger partial charge in [0.05, 0.1) is 0 Å². The SMILES string of the molecule is CSCCCNCC1COc2ccccc2O1. The maximum absolute atomic E-state index is 5.85. The molecule has 0 amide bonds. The average molecular weight is 253 g/mol. The van der Waals surface area contributed by atoms with E-state index in [1.165, 1.54) is 12.2 Å². The van der Waals surface area contributed by atoms with Crippen LogP contribution in [0.1, 0.15) is 6.42 Å². The van der Waals surface area contributed by atoms with E-state index in [0.717, 1.165) is 24.6 Å². The summed E-state index contributed by atoms with van der Waals surface area (Å²) < 4.78 is 11.5. The van der Waals surface area contributed by atoms with E-state index in [1.807, 2.05) is 36.0 Å². The third kappa shape index (κ3) is 3.82. The van der Waals surface area contributed by atoms with Gasteiger partial charge in [-0.25, -0.2) is 0 Å². The lowest BCUT2D eigenvalue weighted by Crippen LogP contribution is -2.38. The third-order valence-electron chi connectivity index (χ3n) is 2.64. The standard InChI is InChI=1S/C13H19NO2S/c1-17-8-4-7-14-9-11-10-15-12-5-2-3-6-13(12)16-11/h2-3,5-6,11,14H,4,7-10H2,1H3. The van der Waals surface area contributed by atoms with Crippen molar-refractivity contribution in [1.29, 1.82) is 0 Å². The zero-order valence-corrected chi connectivity index (χ0v) is 11.0. The summed E-state index contributed by atoms with van der Waals surface area (Å²) >= 11 is 1.88. The first-order chi connectivity index (χ1) is 8.40. The lowest BCUT2D eigenvalue weighted by Gasteiger charge is -2.26. The molecule has 1 aliphatic rings. The second-order valence-corrected chi connectivity index (χ2v) is 5.03. The molecule has 4 heteroatoms. The van der Waals surface area contributed by atoms with Crippen LogP contribution in [0.15, 0.2) is 24.3 Å². The topological polar surface area (TPSA) is 30.5 Å². The number of para-hydroxylation sites is 2. The fourth-order valence-corrected chi connectivity index (χ4v) is 2.20. The predicted octanol–water partition coefficient (Wildman–Crippen LogP) is 2.17. The number of ether oxygens (including phenoxy) is 2. The molecule has 0 saturated heterocycles. The molecular formula is C13H19NO2S. The highest BCUT2D eigenvalue weighted by Crippen LogP contribution is 2.30. The van der Waals surface area contributed by atoms with Crippen LogP contribution in [-0.4, -0.2) is 37.8 Å². The second-order valence-electron chi connectivity index (χ2n) is 4.05. The van der Waals surface area contributed by atoms with Gasteiger partial charge in [0.25, 0.3) is 0 Å². The van der Waals surface area contributed by atoms with Crippen molar-refractivity contribution in [3.63, 3.8) is 0 Å². The summed E-state index contributed by atoms with van der Waals surface area (Å²) in [5.74, 6) is 2.92. The molecule has 0 saturated carbocycles. The third-order valence-corrected chi connectivity index (χ3v) is 3.34. The van der Waals surface area contributed by atoms with Crippen LogP contribution in [0.5, 0.6) is 11.5 Å². The molecule has 1 unspecified atom stereocenters. The van der Waals surface area contributed by atoms with Crippen LogP contribution in [0.2, 0.25) is 0 Å². The lowest BCUT2D eigenvalue weighted by molar-refractivity contribution is 0.0906. The number of hydrogen-bond donors (Lipinski definition) is 1. The molecule has 0 bridgehead atoms. The fraction of sp³-hybridized carbons (Fsp3) is 0.538. The number of thioether (sulfide) groups is 1. The zero-order valence-electron chi connectivity index (χ0n) is 10.1. The quantitative estimate of drug-likeness (QED) is 0.787. The monoisotopic (exact) mass is 253 g/mol. The Morgan fingerprint density at radius 2 is 2.18 bits per heavy atom. The predicted molar refractivity (Wildman–Crippen MR) is 72.2 cm³/mol. The highest BCUT2D eigenvalue weighted by molar-refractivity contribution is 7.98. The van der Waals surface area contributed by atoms with E-state index >= 15 is 0 Å². The Bertz CT molecular complexity index is 346. The van der Waals surface area contributed by atoms with Crippen LogP contribution in [0.25, 0.3) is 0 Å². The van der Waals surface area contributed by atoms with E-state index in [4.69, 9.17) is 9.47 Å². The summed E-state index contributed by atoms with van der Waals surface area (Å²) in [6, 6.07) is 7.83. The minimum absolute atomic E-state index is 0.124. The van der Waals surface area contributed by atoms with Crippen molar-refractivity contribution in [2.75, 3.05) is 31.7 Å². The molecule has 1 aromatic rings. The molecule has 1 N–H and O–H groups in total. The highest BCUT2D eigenvalue weighted by atomic mass is 32.2. The van der Waals surface area contributed by atoms with Gasteiger partial charge in [0, 0.05) is 6.54 Å². The number of fused-ring (bicyclic) bond motifs is 1. The minimum atomic E-state index is 0.124. The van der Waals surface area contributed by atoms with E-state index in [2.05, 4.69) is 11.6 Å². The molecule has 94 valence electrons. The Kier molecular flexibility index (Phi) is 5.01. The van der Waals surface area contributed by atoms with Gasteiger partial charge in [0.2, 0.25) is 0 Å². The van der Waals surface area contributed by atoms with E-state index in [0.29, 0.717) is 6.61 Å². The molecule has 0 spiro atoms. The van der Waals surface area contributed by atoms with E-state index in [-0.39, 0.29) is 6.10 Å². The van der Waals surface area contributed by atoms with Gasteiger partial charge in [0.1, 0.15) is 12.7 Å². The summed E-state index contributed by atoms with van der Waals surface area (Å²) in [7, 11) is 0. The molecule has 1 aliphatic heterocycles. The Morgan fingerprint density at radius 1 is 1.35 bits per heavy atom. The Balaban J connectivity index is 1.71. The largest absolute Gasteiger partial charge is 0.486 e. The van der Waals surface area contributed by atoms with Crippen molar-refractivity contribution in [3.05, 3.63) is 24.3 Å². The summed E-state index contributed by atoms with van der Waals surface area (Å²) in [5.41, 5.74) is 0. The van der Waals surface area contributed by atoms with Crippen molar-refractivity contribution < 1.29 is 9.47 Å². The van der Waals surface area contributed by atoms with Gasteiger partial charge >= 0.3 is 0 Å². The molecule has 1 atom stereocenters. The van der Waals surface area contributed by atoms with Gasteiger partial charge in [-0.3, -0.25) is 0 Å². The van der Waals surface area contributed by atoms with Crippen molar-refractivity contribution in [2.24, 2.45) is 0 Å². The van der Waals surface area contributed by atoms with E-state index in [1.54, 1.807) is 0 Å². The molecule has 0 fully saturated rings. The van der Waals surface area contributed by atoms with E-state index < -0.39 is 0 Å². The van der Waals surface area contributed by atoms with Crippen LogP contribution in [-0.2, 0) is 0 Å². The number of hydrogen-bond acceptors (Lipinski definition) is 4. The summed E-state index contributed by atoms with van der Waals surface area (Å²) in [6.45, 7) is 2.53. The first-order valence-corrected chi connectivity index (χ1v) is 7.37. The first-order valence-electron chi connectivity index (χ1n) is 5.98. The summed E-state index contributed by atoms with van der Waals surface area (Å²) in [4.78, 5) is 0. The number of nitrogens with one attached hydrogen (secondary N) is 1. The molecule has 2 rings (SSSR count). The molecule has 0 aliphatic carbocycles. The fourth-order valence-electron chi connectivity index (χ4n) is 1.77. The molecule has 3 nitrogen and oxygen atoms in total. The Hall–Kier alpha value is -0.870. The van der Waals surface area contributed by atoms with Gasteiger partial charge in [0.15, 0.2) is 11.5 Å². The van der Waals surface area contributed by atoms with Crippen LogP contribution in [0.4, 0.5) is 0 Å². The van der Waals surface area contributed by atoms with Gasteiger partial charge < -0.3 is 14.8 Å². The smallest absolute Gasteiger partial charge is 0.161 e. The van der Waals surface area contributed by atoms with Gasteiger partial charge in [-0.1, -0.05) is 12.1 Å². The van der Waals surface area contributed by atoms with Crippen LogP contribution < -0.4 is 14.8 Å². The molecule has 1 heterocycles. The Morgan fingerprint density at radius 3 is 3.00 bits per heavy atom. The number of benzene rings is 1. The lowest BCUT2D eigenvalue weighted by atomic mass is 10.2. The molecular weight excluding hydrogens is 234 g/mol. The van der Waals surface area contributed by atoms with Crippen molar-refractivity contribution in [3.8, 4) is 11.5 Å². The van der Waals surface area contributed by atoms with Gasteiger partial charge in [-0.05, 0) is 37.1 Å². The Labute approximate surface area is 107 Å². The zero-order chi connectivity index (χ0) is 11.9. The highest BCUT2D eigenvalue weighted by Gasteiger charge is 2.19. The normalized spacial score (nSPS) is 18.1. The molecule has 17 heavy (non-hydrogen) atoms. The molecule has 0 radical (unpaired) electrons. The van der Waals surface area contributed by atoms with Crippen LogP contribution >= 0.6 is 11.8 Å². The van der Waals surface area contributed by atoms with Crippen molar-refractivity contribution in [1.82, 2.24) is 5.32 Å².